The standard InChI is InChI=1S/C25H16O2/c26-25(27)22-15-18-14-13-17-9-6-12-19(16-7-2-1-3-8-16)23(17)24(18)21-11-5-4-10-20(21)22/h1-15H,(H,26,27)/p-1. The van der Waals surface area contributed by atoms with Gasteiger partial charge in [0, 0.05) is 5.56 Å². The van der Waals surface area contributed by atoms with Gasteiger partial charge in [-0.25, -0.2) is 0 Å². The Balaban J connectivity index is 2.05. The Morgan fingerprint density at radius 3 is 2.11 bits per heavy atom. The van der Waals surface area contributed by atoms with E-state index in [2.05, 4.69) is 36.4 Å². The molecule has 0 aliphatic rings. The first kappa shape index (κ1) is 15.6. The van der Waals surface area contributed by atoms with Gasteiger partial charge in [-0.05, 0) is 49.5 Å². The summed E-state index contributed by atoms with van der Waals surface area (Å²) < 4.78 is 0. The minimum atomic E-state index is -1.15. The first-order valence-corrected chi connectivity index (χ1v) is 8.88. The molecule has 0 radical (unpaired) electrons. The lowest BCUT2D eigenvalue weighted by molar-refractivity contribution is -0.254. The molecule has 0 N–H and O–H groups in total. The SMILES string of the molecule is O=C([O-])c1cc2ccc3cccc(-c4ccccc4)c3c2c2ccccc12. The van der Waals surface area contributed by atoms with Gasteiger partial charge in [0.1, 0.15) is 0 Å². The molecule has 2 heteroatoms. The van der Waals surface area contributed by atoms with Crippen molar-refractivity contribution in [2.24, 2.45) is 0 Å². The Hall–Kier alpha value is -3.65. The number of carboxylic acid groups (broad SMARTS) is 1. The van der Waals surface area contributed by atoms with Gasteiger partial charge in [0.15, 0.2) is 0 Å². The molecule has 0 amide bonds. The summed E-state index contributed by atoms with van der Waals surface area (Å²) in [5.74, 6) is -1.15. The van der Waals surface area contributed by atoms with Crippen LogP contribution >= 0.6 is 0 Å². The van der Waals surface area contributed by atoms with Crippen LogP contribution in [0.15, 0.2) is 91.0 Å². The maximum atomic E-state index is 11.7. The molecule has 0 saturated carbocycles. The monoisotopic (exact) mass is 347 g/mol. The van der Waals surface area contributed by atoms with Crippen LogP contribution in [0.4, 0.5) is 0 Å². The Bertz CT molecular complexity index is 1330. The third-order valence-electron chi connectivity index (χ3n) is 5.17. The van der Waals surface area contributed by atoms with Crippen LogP contribution in [-0.4, -0.2) is 5.97 Å². The minimum absolute atomic E-state index is 0.231. The van der Waals surface area contributed by atoms with Gasteiger partial charge >= 0.3 is 0 Å². The van der Waals surface area contributed by atoms with E-state index in [9.17, 15) is 9.90 Å². The summed E-state index contributed by atoms with van der Waals surface area (Å²) in [7, 11) is 0. The zero-order valence-corrected chi connectivity index (χ0v) is 14.5. The summed E-state index contributed by atoms with van der Waals surface area (Å²) >= 11 is 0. The van der Waals surface area contributed by atoms with Crippen LogP contribution in [-0.2, 0) is 0 Å². The fourth-order valence-electron chi connectivity index (χ4n) is 4.00. The maximum absolute atomic E-state index is 11.7. The third-order valence-corrected chi connectivity index (χ3v) is 5.17. The highest BCUT2D eigenvalue weighted by molar-refractivity contribution is 6.26. The fraction of sp³-hybridized carbons (Fsp3) is 0. The molecule has 0 saturated heterocycles. The first-order chi connectivity index (χ1) is 13.2. The van der Waals surface area contributed by atoms with E-state index in [1.54, 1.807) is 6.07 Å². The van der Waals surface area contributed by atoms with Crippen molar-refractivity contribution in [1.29, 1.82) is 0 Å². The Labute approximate surface area is 156 Å². The minimum Gasteiger partial charge on any atom is -0.545 e. The second-order valence-electron chi connectivity index (χ2n) is 6.69. The molecule has 0 heterocycles. The number of benzene rings is 5. The van der Waals surface area contributed by atoms with Gasteiger partial charge in [0.05, 0.1) is 5.97 Å². The number of fused-ring (bicyclic) bond motifs is 5. The molecule has 5 aromatic carbocycles. The van der Waals surface area contributed by atoms with E-state index < -0.39 is 5.97 Å². The number of aromatic carboxylic acids is 1. The van der Waals surface area contributed by atoms with Crippen LogP contribution < -0.4 is 5.11 Å². The summed E-state index contributed by atoms with van der Waals surface area (Å²) in [5, 5.41) is 17.6. The zero-order valence-electron chi connectivity index (χ0n) is 14.5. The van der Waals surface area contributed by atoms with Crippen LogP contribution in [0, 0.1) is 0 Å². The molecule has 0 aliphatic carbocycles. The number of hydrogen-bond donors (Lipinski definition) is 0. The van der Waals surface area contributed by atoms with Gasteiger partial charge in [0.2, 0.25) is 0 Å². The highest BCUT2D eigenvalue weighted by Crippen LogP contribution is 2.39. The van der Waals surface area contributed by atoms with E-state index in [1.165, 1.54) is 0 Å². The molecule has 0 bridgehead atoms. The predicted octanol–water partition coefficient (Wildman–Crippen LogP) is 5.18. The number of carbonyl (C=O) groups is 1. The van der Waals surface area contributed by atoms with Crippen molar-refractivity contribution in [3.63, 3.8) is 0 Å². The quantitative estimate of drug-likeness (QED) is 0.413. The van der Waals surface area contributed by atoms with Gasteiger partial charge in [-0.15, -0.1) is 0 Å². The van der Waals surface area contributed by atoms with E-state index in [0.29, 0.717) is 5.39 Å². The van der Waals surface area contributed by atoms with Crippen LogP contribution in [0.5, 0.6) is 0 Å². The molecule has 0 aliphatic heterocycles. The number of rotatable bonds is 2. The highest BCUT2D eigenvalue weighted by Gasteiger charge is 2.13. The highest BCUT2D eigenvalue weighted by atomic mass is 16.4. The molecule has 128 valence electrons. The average molecular weight is 347 g/mol. The number of carbonyl (C=O) groups excluding carboxylic acids is 1. The van der Waals surface area contributed by atoms with E-state index in [1.807, 2.05) is 48.5 Å². The van der Waals surface area contributed by atoms with Gasteiger partial charge in [-0.2, -0.15) is 0 Å². The summed E-state index contributed by atoms with van der Waals surface area (Å²) in [6.45, 7) is 0. The van der Waals surface area contributed by atoms with Crippen molar-refractivity contribution in [3.05, 3.63) is 96.6 Å². The van der Waals surface area contributed by atoms with E-state index in [-0.39, 0.29) is 5.56 Å². The van der Waals surface area contributed by atoms with Gasteiger partial charge in [-0.1, -0.05) is 84.9 Å². The van der Waals surface area contributed by atoms with Crippen molar-refractivity contribution in [3.8, 4) is 11.1 Å². The zero-order chi connectivity index (χ0) is 18.4. The summed E-state index contributed by atoms with van der Waals surface area (Å²) in [6, 6.07) is 30.0. The van der Waals surface area contributed by atoms with Crippen LogP contribution in [0.3, 0.4) is 0 Å². The van der Waals surface area contributed by atoms with Crippen LogP contribution in [0.2, 0.25) is 0 Å². The lowest BCUT2D eigenvalue weighted by atomic mass is 9.89. The second-order valence-corrected chi connectivity index (χ2v) is 6.69. The first-order valence-electron chi connectivity index (χ1n) is 8.88. The normalized spacial score (nSPS) is 11.3. The van der Waals surface area contributed by atoms with Gasteiger partial charge in [0.25, 0.3) is 0 Å². The van der Waals surface area contributed by atoms with E-state index in [0.717, 1.165) is 38.1 Å². The van der Waals surface area contributed by atoms with Crippen LogP contribution in [0.1, 0.15) is 10.4 Å². The molecular weight excluding hydrogens is 332 g/mol. The van der Waals surface area contributed by atoms with Crippen molar-refractivity contribution in [2.75, 3.05) is 0 Å². The molecule has 5 aromatic rings. The van der Waals surface area contributed by atoms with Crippen molar-refractivity contribution in [1.82, 2.24) is 0 Å². The van der Waals surface area contributed by atoms with Crippen LogP contribution in [0.25, 0.3) is 43.4 Å². The lowest BCUT2D eigenvalue weighted by Crippen LogP contribution is -2.22. The Morgan fingerprint density at radius 1 is 0.630 bits per heavy atom. The molecule has 0 spiro atoms. The average Bonchev–Trinajstić information content (AvgIpc) is 2.72. The second kappa shape index (κ2) is 5.96. The molecule has 27 heavy (non-hydrogen) atoms. The largest absolute Gasteiger partial charge is 0.545 e. The Kier molecular flexibility index (Phi) is 3.44. The summed E-state index contributed by atoms with van der Waals surface area (Å²) in [5.41, 5.74) is 2.52. The topological polar surface area (TPSA) is 40.1 Å². The lowest BCUT2D eigenvalue weighted by Gasteiger charge is -2.15. The molecule has 0 atom stereocenters. The molecule has 2 nitrogen and oxygen atoms in total. The van der Waals surface area contributed by atoms with Crippen molar-refractivity contribution < 1.29 is 9.90 Å². The Morgan fingerprint density at radius 2 is 1.33 bits per heavy atom. The summed E-state index contributed by atoms with van der Waals surface area (Å²) in [4.78, 5) is 11.7. The summed E-state index contributed by atoms with van der Waals surface area (Å²) in [6.07, 6.45) is 0. The van der Waals surface area contributed by atoms with E-state index in [4.69, 9.17) is 0 Å². The molecule has 0 aromatic heterocycles. The molecular formula is C25H15O2-. The predicted molar refractivity (Wildman–Crippen MR) is 109 cm³/mol. The molecule has 0 fully saturated rings. The van der Waals surface area contributed by atoms with Gasteiger partial charge < -0.3 is 9.90 Å². The van der Waals surface area contributed by atoms with Crippen molar-refractivity contribution in [2.45, 2.75) is 0 Å². The van der Waals surface area contributed by atoms with E-state index >= 15 is 0 Å². The molecule has 0 unspecified atom stereocenters. The molecule has 5 rings (SSSR count). The smallest absolute Gasteiger partial charge is 0.0721 e. The van der Waals surface area contributed by atoms with Gasteiger partial charge in [-0.3, -0.25) is 0 Å². The fourth-order valence-corrected chi connectivity index (χ4v) is 4.00. The maximum Gasteiger partial charge on any atom is 0.0721 e. The third kappa shape index (κ3) is 2.38. The number of carboxylic acids is 1. The van der Waals surface area contributed by atoms with Crippen molar-refractivity contribution >= 4 is 38.3 Å². The number of hydrogen-bond acceptors (Lipinski definition) is 2.